The van der Waals surface area contributed by atoms with Crippen LogP contribution in [-0.2, 0) is 20.7 Å². The molecule has 2 aromatic carbocycles. The van der Waals surface area contributed by atoms with Crippen molar-refractivity contribution in [3.63, 3.8) is 0 Å². The molecule has 3 aromatic rings. The molecule has 31 heavy (non-hydrogen) atoms. The minimum absolute atomic E-state index is 0.0656. The largest absolute Gasteiger partial charge is 0.493 e. The summed E-state index contributed by atoms with van der Waals surface area (Å²) in [7, 11) is 3.12. The Morgan fingerprint density at radius 3 is 2.45 bits per heavy atom. The highest BCUT2D eigenvalue weighted by Gasteiger charge is 2.15. The van der Waals surface area contributed by atoms with Crippen LogP contribution in [0, 0.1) is 0 Å². The summed E-state index contributed by atoms with van der Waals surface area (Å²) in [5.41, 5.74) is 1.64. The molecule has 7 nitrogen and oxygen atoms in total. The van der Waals surface area contributed by atoms with Crippen molar-refractivity contribution in [2.45, 2.75) is 6.42 Å². The molecule has 0 fully saturated rings. The van der Waals surface area contributed by atoms with Gasteiger partial charge < -0.3 is 19.5 Å². The molecule has 0 saturated carbocycles. The SMILES string of the molecule is COc1ccc(-c2nc(CC(=O)OCC(=O)Nc3c(Cl)cccc3Cl)cs2)cc1OC. The lowest BCUT2D eigenvalue weighted by atomic mass is 10.2. The van der Waals surface area contributed by atoms with Gasteiger partial charge in [0.05, 0.1) is 42.1 Å². The Bertz CT molecular complexity index is 1080. The van der Waals surface area contributed by atoms with Crippen molar-refractivity contribution < 1.29 is 23.8 Å². The number of thiazole rings is 1. The van der Waals surface area contributed by atoms with Gasteiger partial charge in [0, 0.05) is 10.9 Å². The summed E-state index contributed by atoms with van der Waals surface area (Å²) in [5, 5.41) is 5.58. The topological polar surface area (TPSA) is 86.8 Å². The Balaban J connectivity index is 1.56. The maximum atomic E-state index is 12.1. The molecule has 1 aromatic heterocycles. The Hall–Kier alpha value is -2.81. The van der Waals surface area contributed by atoms with E-state index in [1.54, 1.807) is 43.9 Å². The summed E-state index contributed by atoms with van der Waals surface area (Å²) in [6.07, 6.45) is -0.0656. The van der Waals surface area contributed by atoms with E-state index in [2.05, 4.69) is 10.3 Å². The minimum Gasteiger partial charge on any atom is -0.493 e. The van der Waals surface area contributed by atoms with Crippen LogP contribution < -0.4 is 14.8 Å². The van der Waals surface area contributed by atoms with Crippen molar-refractivity contribution in [2.24, 2.45) is 0 Å². The van der Waals surface area contributed by atoms with Crippen LogP contribution in [0.3, 0.4) is 0 Å². The summed E-state index contributed by atoms with van der Waals surface area (Å²) < 4.78 is 15.6. The highest BCUT2D eigenvalue weighted by atomic mass is 35.5. The molecule has 0 saturated heterocycles. The number of benzene rings is 2. The second-order valence-electron chi connectivity index (χ2n) is 6.20. The molecule has 0 aliphatic rings. The van der Waals surface area contributed by atoms with Crippen LogP contribution in [0.15, 0.2) is 41.8 Å². The lowest BCUT2D eigenvalue weighted by Crippen LogP contribution is -2.22. The number of carbonyl (C=O) groups is 2. The third kappa shape index (κ3) is 5.88. The molecule has 10 heteroatoms. The first-order valence-corrected chi connectivity index (χ1v) is 10.6. The van der Waals surface area contributed by atoms with E-state index in [4.69, 9.17) is 37.4 Å². The number of para-hydroxylation sites is 1. The average Bonchev–Trinajstić information content (AvgIpc) is 3.22. The number of aromatic nitrogens is 1. The van der Waals surface area contributed by atoms with Crippen molar-refractivity contribution in [1.29, 1.82) is 0 Å². The Morgan fingerprint density at radius 1 is 1.06 bits per heavy atom. The Kier molecular flexibility index (Phi) is 7.73. The molecule has 3 rings (SSSR count). The molecule has 0 unspecified atom stereocenters. The highest BCUT2D eigenvalue weighted by Crippen LogP contribution is 2.33. The van der Waals surface area contributed by atoms with E-state index >= 15 is 0 Å². The maximum absolute atomic E-state index is 12.1. The number of ether oxygens (including phenoxy) is 3. The quantitative estimate of drug-likeness (QED) is 0.463. The van der Waals surface area contributed by atoms with Gasteiger partial charge in [0.25, 0.3) is 5.91 Å². The first-order valence-electron chi connectivity index (χ1n) is 8.97. The van der Waals surface area contributed by atoms with Crippen molar-refractivity contribution in [1.82, 2.24) is 4.98 Å². The number of nitrogens with zero attached hydrogens (tertiary/aromatic N) is 1. The van der Waals surface area contributed by atoms with Crippen LogP contribution in [0.2, 0.25) is 10.0 Å². The maximum Gasteiger partial charge on any atom is 0.312 e. The van der Waals surface area contributed by atoms with E-state index in [-0.39, 0.29) is 22.2 Å². The number of anilines is 1. The fourth-order valence-electron chi connectivity index (χ4n) is 2.63. The predicted molar refractivity (Wildman–Crippen MR) is 120 cm³/mol. The van der Waals surface area contributed by atoms with E-state index < -0.39 is 18.5 Å². The molecular formula is C21H18Cl2N2O5S. The predicted octanol–water partition coefficient (Wildman–Crippen LogP) is 4.86. The first-order chi connectivity index (χ1) is 14.9. The van der Waals surface area contributed by atoms with Gasteiger partial charge in [-0.1, -0.05) is 29.3 Å². The molecule has 0 atom stereocenters. The van der Waals surface area contributed by atoms with Crippen LogP contribution in [0.5, 0.6) is 11.5 Å². The summed E-state index contributed by atoms with van der Waals surface area (Å²) in [6, 6.07) is 10.3. The Morgan fingerprint density at radius 2 is 1.77 bits per heavy atom. The number of rotatable bonds is 8. The standard InChI is InChI=1S/C21H18Cl2N2O5S/c1-28-16-7-6-12(8-17(16)29-2)21-24-13(11-31-21)9-19(27)30-10-18(26)25-20-14(22)4-3-5-15(20)23/h3-8,11H,9-10H2,1-2H3,(H,25,26). The second kappa shape index (κ2) is 10.5. The normalized spacial score (nSPS) is 10.5. The van der Waals surface area contributed by atoms with Crippen LogP contribution in [0.4, 0.5) is 5.69 Å². The number of halogens is 2. The number of amides is 1. The number of esters is 1. The van der Waals surface area contributed by atoms with E-state index in [1.165, 1.54) is 11.3 Å². The molecule has 0 spiro atoms. The van der Waals surface area contributed by atoms with Crippen LogP contribution in [-0.4, -0.2) is 37.7 Å². The van der Waals surface area contributed by atoms with Gasteiger partial charge in [0.15, 0.2) is 18.1 Å². The zero-order valence-electron chi connectivity index (χ0n) is 16.6. The lowest BCUT2D eigenvalue weighted by molar-refractivity contribution is -0.146. The lowest BCUT2D eigenvalue weighted by Gasteiger charge is -2.09. The molecule has 1 heterocycles. The first kappa shape index (κ1) is 22.9. The summed E-state index contributed by atoms with van der Waals surface area (Å²) >= 11 is 13.4. The molecule has 0 bridgehead atoms. The Labute approximate surface area is 192 Å². The molecular weight excluding hydrogens is 463 g/mol. The molecule has 0 aliphatic carbocycles. The van der Waals surface area contributed by atoms with Crippen LogP contribution in [0.25, 0.3) is 10.6 Å². The van der Waals surface area contributed by atoms with Crippen LogP contribution in [0.1, 0.15) is 5.69 Å². The van der Waals surface area contributed by atoms with E-state index in [9.17, 15) is 9.59 Å². The fraction of sp³-hybridized carbons (Fsp3) is 0.190. The average molecular weight is 481 g/mol. The molecule has 1 amide bonds. The van der Waals surface area contributed by atoms with Gasteiger partial charge in [0.2, 0.25) is 0 Å². The third-order valence-corrected chi connectivity index (χ3v) is 5.67. The number of methoxy groups -OCH3 is 2. The molecule has 0 aliphatic heterocycles. The number of hydrogen-bond donors (Lipinski definition) is 1. The molecule has 1 N–H and O–H groups in total. The number of nitrogens with one attached hydrogen (secondary N) is 1. The smallest absolute Gasteiger partial charge is 0.312 e. The van der Waals surface area contributed by atoms with E-state index in [0.717, 1.165) is 10.6 Å². The zero-order chi connectivity index (χ0) is 22.4. The third-order valence-electron chi connectivity index (χ3n) is 4.10. The van der Waals surface area contributed by atoms with Crippen molar-refractivity contribution in [3.8, 4) is 22.1 Å². The van der Waals surface area contributed by atoms with Crippen molar-refractivity contribution >= 4 is 52.1 Å². The zero-order valence-corrected chi connectivity index (χ0v) is 18.9. The second-order valence-corrected chi connectivity index (χ2v) is 7.87. The highest BCUT2D eigenvalue weighted by molar-refractivity contribution is 7.13. The van der Waals surface area contributed by atoms with Gasteiger partial charge in [-0.3, -0.25) is 9.59 Å². The number of carbonyl (C=O) groups excluding carboxylic acids is 2. The van der Waals surface area contributed by atoms with Gasteiger partial charge in [-0.25, -0.2) is 4.98 Å². The number of hydrogen-bond acceptors (Lipinski definition) is 7. The van der Waals surface area contributed by atoms with E-state index in [1.807, 2.05) is 12.1 Å². The summed E-state index contributed by atoms with van der Waals surface area (Å²) in [4.78, 5) is 28.6. The monoisotopic (exact) mass is 480 g/mol. The minimum atomic E-state index is -0.579. The van der Waals surface area contributed by atoms with Gasteiger partial charge in [0.1, 0.15) is 5.01 Å². The summed E-state index contributed by atoms with van der Waals surface area (Å²) in [6.45, 7) is -0.465. The molecule has 162 valence electrons. The summed E-state index contributed by atoms with van der Waals surface area (Å²) in [5.74, 6) is 0.0703. The van der Waals surface area contributed by atoms with Gasteiger partial charge >= 0.3 is 5.97 Å². The molecule has 0 radical (unpaired) electrons. The fourth-order valence-corrected chi connectivity index (χ4v) is 3.94. The van der Waals surface area contributed by atoms with Gasteiger partial charge in [-0.15, -0.1) is 11.3 Å². The van der Waals surface area contributed by atoms with Crippen molar-refractivity contribution in [2.75, 3.05) is 26.1 Å². The van der Waals surface area contributed by atoms with Crippen LogP contribution >= 0.6 is 34.5 Å². The van der Waals surface area contributed by atoms with Gasteiger partial charge in [-0.2, -0.15) is 0 Å². The van der Waals surface area contributed by atoms with Gasteiger partial charge in [-0.05, 0) is 30.3 Å². The van der Waals surface area contributed by atoms with E-state index in [0.29, 0.717) is 17.2 Å². The van der Waals surface area contributed by atoms with Crippen molar-refractivity contribution in [3.05, 3.63) is 57.5 Å².